The van der Waals surface area contributed by atoms with Crippen LogP contribution in [-0.2, 0) is 11.3 Å². The minimum atomic E-state index is -0.358. The number of aromatic nitrogens is 2. The Labute approximate surface area is 144 Å². The second-order valence-electron chi connectivity index (χ2n) is 5.71. The topological polar surface area (TPSA) is 68.6 Å². The molecule has 0 aliphatic carbocycles. The number of ether oxygens (including phenoxy) is 2. The smallest absolute Gasteiger partial charge is 0.414 e. The van der Waals surface area contributed by atoms with E-state index in [9.17, 15) is 4.79 Å². The average molecular weight is 344 g/mol. The van der Waals surface area contributed by atoms with Crippen LogP contribution < -0.4 is 15.0 Å². The molecule has 0 radical (unpaired) electrons. The lowest BCUT2D eigenvalue weighted by atomic mass is 10.2. The summed E-state index contributed by atoms with van der Waals surface area (Å²) in [5.41, 5.74) is 1.67. The monoisotopic (exact) mass is 344 g/mol. The van der Waals surface area contributed by atoms with Gasteiger partial charge in [-0.15, -0.1) is 0 Å². The molecule has 7 nitrogen and oxygen atoms in total. The number of thiocarbonyl (C=S) groups is 1. The first kappa shape index (κ1) is 14.9. The van der Waals surface area contributed by atoms with Crippen LogP contribution in [-0.4, -0.2) is 39.8 Å². The van der Waals surface area contributed by atoms with Gasteiger partial charge in [-0.3, -0.25) is 9.47 Å². The zero-order chi connectivity index (χ0) is 16.7. The minimum Gasteiger partial charge on any atom is -0.483 e. The van der Waals surface area contributed by atoms with Crippen LogP contribution in [0, 0.1) is 0 Å². The fourth-order valence-electron chi connectivity index (χ4n) is 2.88. The Morgan fingerprint density at radius 1 is 1.50 bits per heavy atom. The second kappa shape index (κ2) is 5.79. The third-order valence-electron chi connectivity index (χ3n) is 4.04. The third kappa shape index (κ3) is 2.58. The maximum atomic E-state index is 12.1. The largest absolute Gasteiger partial charge is 0.483 e. The number of nitrogens with one attached hydrogen (secondary N) is 1. The highest BCUT2D eigenvalue weighted by molar-refractivity contribution is 7.80. The number of amides is 1. The summed E-state index contributed by atoms with van der Waals surface area (Å²) >= 11 is 4.98. The summed E-state index contributed by atoms with van der Waals surface area (Å²) in [7, 11) is 0. The summed E-state index contributed by atoms with van der Waals surface area (Å²) in [5, 5.41) is 3.03. The fraction of sp³-hybridized carbons (Fsp3) is 0.312. The SMILES string of the molecule is CC(=S)NC[C@H]1CN(c2ccc3c(c2)OCc2nccn2-3)C(=O)O1. The Kier molecular flexibility index (Phi) is 3.61. The van der Waals surface area contributed by atoms with E-state index in [0.29, 0.717) is 24.7 Å². The number of fused-ring (bicyclic) bond motifs is 3. The number of hydrogen-bond donors (Lipinski definition) is 1. The number of cyclic esters (lactones) is 1. The molecule has 124 valence electrons. The second-order valence-corrected chi connectivity index (χ2v) is 6.32. The molecule has 1 aromatic carbocycles. The molecule has 1 fully saturated rings. The van der Waals surface area contributed by atoms with Crippen molar-refractivity contribution in [1.82, 2.24) is 14.9 Å². The maximum absolute atomic E-state index is 12.1. The van der Waals surface area contributed by atoms with E-state index in [1.165, 1.54) is 0 Å². The van der Waals surface area contributed by atoms with Crippen LogP contribution in [0.2, 0.25) is 0 Å². The van der Waals surface area contributed by atoms with Crippen molar-refractivity contribution in [3.8, 4) is 11.4 Å². The zero-order valence-electron chi connectivity index (χ0n) is 13.1. The molecule has 1 aromatic heterocycles. The molecule has 0 saturated carbocycles. The zero-order valence-corrected chi connectivity index (χ0v) is 13.9. The van der Waals surface area contributed by atoms with Crippen LogP contribution in [0.1, 0.15) is 12.7 Å². The van der Waals surface area contributed by atoms with E-state index in [-0.39, 0.29) is 12.2 Å². The predicted molar refractivity (Wildman–Crippen MR) is 91.8 cm³/mol. The number of carbonyl (C=O) groups is 1. The van der Waals surface area contributed by atoms with Crippen molar-refractivity contribution >= 4 is 29.0 Å². The molecule has 2 aliphatic heterocycles. The van der Waals surface area contributed by atoms with Crippen LogP contribution in [0.4, 0.5) is 10.5 Å². The van der Waals surface area contributed by atoms with Gasteiger partial charge in [0.2, 0.25) is 0 Å². The lowest BCUT2D eigenvalue weighted by molar-refractivity contribution is 0.143. The van der Waals surface area contributed by atoms with E-state index >= 15 is 0 Å². The van der Waals surface area contributed by atoms with Crippen LogP contribution >= 0.6 is 12.2 Å². The van der Waals surface area contributed by atoms with Crippen molar-refractivity contribution in [3.05, 3.63) is 36.4 Å². The van der Waals surface area contributed by atoms with Crippen molar-refractivity contribution in [1.29, 1.82) is 0 Å². The van der Waals surface area contributed by atoms with Gasteiger partial charge < -0.3 is 14.8 Å². The first-order chi connectivity index (χ1) is 11.6. The van der Waals surface area contributed by atoms with Crippen LogP contribution in [0.15, 0.2) is 30.6 Å². The van der Waals surface area contributed by atoms with Crippen molar-refractivity contribution in [2.75, 3.05) is 18.0 Å². The molecule has 4 rings (SSSR count). The molecule has 1 saturated heterocycles. The molecule has 2 aliphatic rings. The van der Waals surface area contributed by atoms with Gasteiger partial charge in [-0.2, -0.15) is 0 Å². The summed E-state index contributed by atoms with van der Waals surface area (Å²) in [6.07, 6.45) is 3.06. The van der Waals surface area contributed by atoms with Gasteiger partial charge in [-0.25, -0.2) is 9.78 Å². The van der Waals surface area contributed by atoms with Crippen molar-refractivity contribution in [2.45, 2.75) is 19.6 Å². The third-order valence-corrected chi connectivity index (χ3v) is 4.19. The van der Waals surface area contributed by atoms with Crippen molar-refractivity contribution in [2.24, 2.45) is 0 Å². The molecule has 0 unspecified atom stereocenters. The highest BCUT2D eigenvalue weighted by atomic mass is 32.1. The molecule has 24 heavy (non-hydrogen) atoms. The van der Waals surface area contributed by atoms with Gasteiger partial charge in [0.25, 0.3) is 0 Å². The highest BCUT2D eigenvalue weighted by Gasteiger charge is 2.33. The number of nitrogens with zero attached hydrogens (tertiary/aromatic N) is 3. The summed E-state index contributed by atoms with van der Waals surface area (Å²) < 4.78 is 13.1. The van der Waals surface area contributed by atoms with E-state index in [0.717, 1.165) is 22.9 Å². The molecule has 1 atom stereocenters. The average Bonchev–Trinajstić information content (AvgIpc) is 3.18. The standard InChI is InChI=1S/C16H16N4O3S/c1-10(24)18-7-12-8-20(16(21)23-12)11-2-3-13-14(6-11)22-9-15-17-4-5-19(13)15/h2-6,12H,7-9H2,1H3,(H,18,24)/t12-/m0/s1. The van der Waals surface area contributed by atoms with Crippen LogP contribution in [0.3, 0.4) is 0 Å². The van der Waals surface area contributed by atoms with E-state index in [1.807, 2.05) is 29.0 Å². The molecule has 1 amide bonds. The van der Waals surface area contributed by atoms with Gasteiger partial charge in [0.15, 0.2) is 5.82 Å². The van der Waals surface area contributed by atoms with Crippen LogP contribution in [0.5, 0.6) is 5.75 Å². The van der Waals surface area contributed by atoms with Crippen LogP contribution in [0.25, 0.3) is 5.69 Å². The maximum Gasteiger partial charge on any atom is 0.414 e. The Balaban J connectivity index is 1.56. The molecule has 2 aromatic rings. The molecular weight excluding hydrogens is 328 g/mol. The van der Waals surface area contributed by atoms with E-state index in [1.54, 1.807) is 18.0 Å². The van der Waals surface area contributed by atoms with E-state index < -0.39 is 0 Å². The van der Waals surface area contributed by atoms with Gasteiger partial charge in [0, 0.05) is 18.5 Å². The first-order valence-electron chi connectivity index (χ1n) is 7.64. The molecule has 8 heteroatoms. The number of carbonyl (C=O) groups excluding carboxylic acids is 1. The van der Waals surface area contributed by atoms with E-state index in [2.05, 4.69) is 10.3 Å². The number of benzene rings is 1. The lowest BCUT2D eigenvalue weighted by Crippen LogP contribution is -2.32. The number of hydrogen-bond acceptors (Lipinski definition) is 5. The minimum absolute atomic E-state index is 0.229. The summed E-state index contributed by atoms with van der Waals surface area (Å²) in [6.45, 7) is 3.20. The molecule has 3 heterocycles. The normalized spacial score (nSPS) is 18.5. The van der Waals surface area contributed by atoms with Gasteiger partial charge in [-0.05, 0) is 19.1 Å². The number of anilines is 1. The summed E-state index contributed by atoms with van der Waals surface area (Å²) in [4.78, 5) is 18.7. The van der Waals surface area contributed by atoms with Crippen molar-refractivity contribution in [3.63, 3.8) is 0 Å². The number of imidazole rings is 1. The molecule has 0 bridgehead atoms. The Morgan fingerprint density at radius 2 is 2.38 bits per heavy atom. The molecule has 0 spiro atoms. The fourth-order valence-corrected chi connectivity index (χ4v) is 2.97. The summed E-state index contributed by atoms with van der Waals surface area (Å²) in [6, 6.07) is 5.67. The first-order valence-corrected chi connectivity index (χ1v) is 8.04. The Morgan fingerprint density at radius 3 is 3.21 bits per heavy atom. The summed E-state index contributed by atoms with van der Waals surface area (Å²) in [5.74, 6) is 1.58. The van der Waals surface area contributed by atoms with E-state index in [4.69, 9.17) is 21.7 Å². The Hall–Kier alpha value is -2.61. The Bertz CT molecular complexity index is 819. The highest BCUT2D eigenvalue weighted by Crippen LogP contribution is 2.34. The van der Waals surface area contributed by atoms with Gasteiger partial charge in [-0.1, -0.05) is 12.2 Å². The van der Waals surface area contributed by atoms with Gasteiger partial charge in [0.05, 0.1) is 29.5 Å². The lowest BCUT2D eigenvalue weighted by Gasteiger charge is -2.22. The quantitative estimate of drug-likeness (QED) is 0.860. The van der Waals surface area contributed by atoms with Gasteiger partial charge in [0.1, 0.15) is 18.5 Å². The molecule has 1 N–H and O–H groups in total. The number of rotatable bonds is 3. The van der Waals surface area contributed by atoms with Crippen molar-refractivity contribution < 1.29 is 14.3 Å². The van der Waals surface area contributed by atoms with Gasteiger partial charge >= 0.3 is 6.09 Å². The predicted octanol–water partition coefficient (Wildman–Crippen LogP) is 2.03. The molecular formula is C16H16N4O3S.